The molecule has 1 aromatic heterocycles. The van der Waals surface area contributed by atoms with E-state index < -0.39 is 0 Å². The van der Waals surface area contributed by atoms with E-state index in [0.29, 0.717) is 25.2 Å². The Balaban J connectivity index is 1.33. The Morgan fingerprint density at radius 3 is 2.92 bits per heavy atom. The lowest BCUT2D eigenvalue weighted by Crippen LogP contribution is -2.40. The number of fused-ring (bicyclic) bond motifs is 1. The number of amides is 1. The molecular weight excluding hydrogens is 316 g/mol. The van der Waals surface area contributed by atoms with Crippen LogP contribution in [0.5, 0.6) is 0 Å². The molecule has 0 aliphatic carbocycles. The fraction of sp³-hybridized carbons (Fsp3) is 0.722. The Kier molecular flexibility index (Phi) is 4.28. The molecular formula is C18H24N6O. The number of piperidine rings is 1. The number of aryl methyl sites for hydroxylation is 1. The average Bonchev–Trinajstić information content (AvgIpc) is 3.05. The third kappa shape index (κ3) is 3.30. The first kappa shape index (κ1) is 16.2. The zero-order valence-electron chi connectivity index (χ0n) is 14.5. The van der Waals surface area contributed by atoms with Crippen molar-refractivity contribution in [2.24, 2.45) is 10.2 Å². The van der Waals surface area contributed by atoms with Crippen molar-refractivity contribution in [1.29, 1.82) is 0 Å². The van der Waals surface area contributed by atoms with Gasteiger partial charge in [-0.2, -0.15) is 10.2 Å². The highest BCUT2D eigenvalue weighted by molar-refractivity contribution is 5.76. The minimum absolute atomic E-state index is 0.197. The van der Waals surface area contributed by atoms with Crippen LogP contribution in [-0.2, 0) is 17.8 Å². The molecule has 0 spiro atoms. The van der Waals surface area contributed by atoms with Crippen LogP contribution in [0.4, 0.5) is 0 Å². The Hall–Kier alpha value is -2.23. The van der Waals surface area contributed by atoms with Crippen LogP contribution in [0.25, 0.3) is 0 Å². The molecule has 4 heterocycles. The van der Waals surface area contributed by atoms with E-state index in [2.05, 4.69) is 30.9 Å². The first-order chi connectivity index (χ1) is 12.2. The number of rotatable bonds is 6. The summed E-state index contributed by atoms with van der Waals surface area (Å²) in [6.45, 7) is 2.60. The van der Waals surface area contributed by atoms with Crippen molar-refractivity contribution in [3.05, 3.63) is 11.6 Å². The predicted octanol–water partition coefficient (Wildman–Crippen LogP) is 2.29. The molecule has 3 aliphatic rings. The average molecular weight is 340 g/mol. The van der Waals surface area contributed by atoms with Crippen LogP contribution in [0.1, 0.15) is 62.5 Å². The number of hydrogen-bond acceptors (Lipinski definition) is 5. The van der Waals surface area contributed by atoms with Crippen LogP contribution < -0.4 is 0 Å². The zero-order chi connectivity index (χ0) is 17.3. The highest BCUT2D eigenvalue weighted by Crippen LogP contribution is 2.38. The molecule has 1 unspecified atom stereocenters. The maximum Gasteiger partial charge on any atom is 0.222 e. The molecule has 1 aromatic rings. The Morgan fingerprint density at radius 1 is 1.24 bits per heavy atom. The first-order valence-electron chi connectivity index (χ1n) is 9.28. The minimum Gasteiger partial charge on any atom is -0.342 e. The summed E-state index contributed by atoms with van der Waals surface area (Å²) in [5.41, 5.74) is -0.370. The molecule has 3 aliphatic heterocycles. The van der Waals surface area contributed by atoms with Gasteiger partial charge in [0.25, 0.3) is 0 Å². The van der Waals surface area contributed by atoms with Gasteiger partial charge in [0.15, 0.2) is 5.66 Å². The molecule has 1 fully saturated rings. The van der Waals surface area contributed by atoms with Gasteiger partial charge in [-0.1, -0.05) is 0 Å². The highest BCUT2D eigenvalue weighted by atomic mass is 16.2. The van der Waals surface area contributed by atoms with Crippen LogP contribution in [-0.4, -0.2) is 44.3 Å². The van der Waals surface area contributed by atoms with Crippen molar-refractivity contribution in [3.8, 4) is 12.3 Å². The molecule has 0 bridgehead atoms. The molecule has 132 valence electrons. The van der Waals surface area contributed by atoms with Crippen LogP contribution in [0.2, 0.25) is 0 Å². The van der Waals surface area contributed by atoms with Crippen LogP contribution in [0, 0.1) is 12.3 Å². The van der Waals surface area contributed by atoms with E-state index in [1.807, 2.05) is 4.90 Å². The third-order valence-electron chi connectivity index (χ3n) is 5.57. The minimum atomic E-state index is -0.370. The molecule has 1 amide bonds. The highest BCUT2D eigenvalue weighted by Gasteiger charge is 2.40. The van der Waals surface area contributed by atoms with Crippen molar-refractivity contribution in [2.75, 3.05) is 13.1 Å². The monoisotopic (exact) mass is 340 g/mol. The van der Waals surface area contributed by atoms with Gasteiger partial charge in [0.1, 0.15) is 11.6 Å². The number of carbonyl (C=O) groups excluding carboxylic acids is 1. The van der Waals surface area contributed by atoms with E-state index in [9.17, 15) is 4.79 Å². The summed E-state index contributed by atoms with van der Waals surface area (Å²) in [5.74, 6) is 5.31. The van der Waals surface area contributed by atoms with E-state index in [1.54, 1.807) is 0 Å². The second kappa shape index (κ2) is 6.58. The summed E-state index contributed by atoms with van der Waals surface area (Å²) >= 11 is 0. The maximum atomic E-state index is 12.7. The van der Waals surface area contributed by atoms with Crippen molar-refractivity contribution in [2.45, 2.75) is 69.5 Å². The molecule has 0 saturated carbocycles. The van der Waals surface area contributed by atoms with Gasteiger partial charge in [-0.3, -0.25) is 4.79 Å². The summed E-state index contributed by atoms with van der Waals surface area (Å²) in [5, 5.41) is 17.0. The maximum absolute atomic E-state index is 12.7. The van der Waals surface area contributed by atoms with E-state index in [0.717, 1.165) is 63.4 Å². The fourth-order valence-corrected chi connectivity index (χ4v) is 4.02. The number of aromatic nitrogens is 3. The second-order valence-corrected chi connectivity index (χ2v) is 7.30. The first-order valence-corrected chi connectivity index (χ1v) is 9.28. The van der Waals surface area contributed by atoms with Crippen LogP contribution >= 0.6 is 0 Å². The normalized spacial score (nSPS) is 23.3. The fourth-order valence-electron chi connectivity index (χ4n) is 4.02. The Morgan fingerprint density at radius 2 is 2.12 bits per heavy atom. The van der Waals surface area contributed by atoms with Crippen molar-refractivity contribution in [1.82, 2.24) is 19.7 Å². The van der Waals surface area contributed by atoms with Gasteiger partial charge < -0.3 is 9.47 Å². The Bertz CT molecular complexity index is 724. The number of terminal acetylenes is 1. The predicted molar refractivity (Wildman–Crippen MR) is 91.8 cm³/mol. The number of hydrogen-bond donors (Lipinski definition) is 0. The van der Waals surface area contributed by atoms with Gasteiger partial charge >= 0.3 is 0 Å². The summed E-state index contributed by atoms with van der Waals surface area (Å²) in [4.78, 5) is 14.6. The largest absolute Gasteiger partial charge is 0.342 e. The summed E-state index contributed by atoms with van der Waals surface area (Å²) < 4.78 is 2.26. The van der Waals surface area contributed by atoms with Crippen LogP contribution in [0.15, 0.2) is 10.2 Å². The summed E-state index contributed by atoms with van der Waals surface area (Å²) in [7, 11) is 0. The van der Waals surface area contributed by atoms with Gasteiger partial charge in [-0.25, -0.2) is 0 Å². The lowest BCUT2D eigenvalue weighted by Gasteiger charge is -2.32. The second-order valence-electron chi connectivity index (χ2n) is 7.30. The van der Waals surface area contributed by atoms with Gasteiger partial charge in [-0.15, -0.1) is 22.5 Å². The van der Waals surface area contributed by atoms with Crippen molar-refractivity contribution < 1.29 is 4.79 Å². The van der Waals surface area contributed by atoms with Gasteiger partial charge in [-0.05, 0) is 19.3 Å². The molecule has 1 atom stereocenters. The number of likely N-dealkylation sites (tertiary alicyclic amines) is 1. The van der Waals surface area contributed by atoms with E-state index in [1.165, 1.54) is 0 Å². The van der Waals surface area contributed by atoms with Crippen molar-refractivity contribution in [3.63, 3.8) is 0 Å². The quantitative estimate of drug-likeness (QED) is 0.746. The molecule has 7 heteroatoms. The lowest BCUT2D eigenvalue weighted by molar-refractivity contribution is -0.132. The van der Waals surface area contributed by atoms with Gasteiger partial charge in [0, 0.05) is 57.7 Å². The van der Waals surface area contributed by atoms with Gasteiger partial charge in [0.05, 0.1) is 0 Å². The topological polar surface area (TPSA) is 75.7 Å². The lowest BCUT2D eigenvalue weighted by atomic mass is 9.96. The van der Waals surface area contributed by atoms with Crippen molar-refractivity contribution >= 4 is 5.91 Å². The zero-order valence-corrected chi connectivity index (χ0v) is 14.5. The van der Waals surface area contributed by atoms with Gasteiger partial charge in [0.2, 0.25) is 5.91 Å². The van der Waals surface area contributed by atoms with E-state index in [-0.39, 0.29) is 11.6 Å². The summed E-state index contributed by atoms with van der Waals surface area (Å²) in [6, 6.07) is 0. The standard InChI is InChI=1S/C18H24N6O/c1-2-3-9-18(21-22-18)10-8-16(25)23-11-4-6-14(13-23)17-20-19-15-7-5-12-24(15)17/h1,14H,3-13H2. The van der Waals surface area contributed by atoms with Crippen LogP contribution in [0.3, 0.4) is 0 Å². The molecule has 7 nitrogen and oxygen atoms in total. The SMILES string of the molecule is C#CCCC1(CCC(=O)N2CCCC(c3nnc4n3CCC4)C2)N=N1. The smallest absolute Gasteiger partial charge is 0.222 e. The third-order valence-corrected chi connectivity index (χ3v) is 5.57. The molecule has 25 heavy (non-hydrogen) atoms. The molecule has 4 rings (SSSR count). The molecule has 0 N–H and O–H groups in total. The van der Waals surface area contributed by atoms with E-state index in [4.69, 9.17) is 6.42 Å². The van der Waals surface area contributed by atoms with E-state index >= 15 is 0 Å². The molecule has 1 saturated heterocycles. The molecule has 0 aromatic carbocycles. The number of nitrogens with zero attached hydrogens (tertiary/aromatic N) is 6. The molecule has 0 radical (unpaired) electrons. The summed E-state index contributed by atoms with van der Waals surface area (Å²) in [6.07, 6.45) is 12.2. The number of carbonyl (C=O) groups is 1. The Labute approximate surface area is 147 Å².